The van der Waals surface area contributed by atoms with Crippen LogP contribution in [0.5, 0.6) is 0 Å². The van der Waals surface area contributed by atoms with Crippen LogP contribution < -0.4 is 5.32 Å². The van der Waals surface area contributed by atoms with Gasteiger partial charge in [0.05, 0.1) is 28.0 Å². The summed E-state index contributed by atoms with van der Waals surface area (Å²) in [7, 11) is -1.77. The molecule has 6 nitrogen and oxygen atoms in total. The van der Waals surface area contributed by atoms with E-state index in [9.17, 15) is 21.6 Å². The van der Waals surface area contributed by atoms with Crippen LogP contribution in [0.4, 0.5) is 5.69 Å². The monoisotopic (exact) mass is 415 g/mol. The van der Waals surface area contributed by atoms with Gasteiger partial charge in [0.1, 0.15) is 0 Å². The Bertz CT molecular complexity index is 791. The Balaban J connectivity index is 2.16. The van der Waals surface area contributed by atoms with Crippen LogP contribution in [-0.4, -0.2) is 34.2 Å². The van der Waals surface area contributed by atoms with E-state index in [1.165, 1.54) is 18.2 Å². The summed E-state index contributed by atoms with van der Waals surface area (Å²) in [5.41, 5.74) is 0.355. The number of amides is 1. The van der Waals surface area contributed by atoms with E-state index >= 15 is 0 Å². The molecule has 1 aliphatic rings. The van der Waals surface area contributed by atoms with Gasteiger partial charge in [-0.1, -0.05) is 0 Å². The zero-order valence-electron chi connectivity index (χ0n) is 10.5. The van der Waals surface area contributed by atoms with Crippen molar-refractivity contribution in [1.29, 1.82) is 0 Å². The Kier molecular flexibility index (Phi) is 4.67. The van der Waals surface area contributed by atoms with Gasteiger partial charge in [-0.25, -0.2) is 16.8 Å². The summed E-state index contributed by atoms with van der Waals surface area (Å²) in [6, 6.07) is 3.91. The quantitative estimate of drug-likeness (QED) is 0.757. The second-order valence-electron chi connectivity index (χ2n) is 4.67. The van der Waals surface area contributed by atoms with E-state index in [4.69, 9.17) is 10.7 Å². The molecule has 0 aromatic heterocycles. The van der Waals surface area contributed by atoms with Crippen LogP contribution in [0, 0.1) is 5.92 Å². The zero-order chi connectivity index (χ0) is 15.8. The molecule has 1 amide bonds. The normalized spacial score (nSPS) is 21.1. The van der Waals surface area contributed by atoms with Gasteiger partial charge in [-0.05, 0) is 40.5 Å². The molecule has 0 bridgehead atoms. The van der Waals surface area contributed by atoms with Crippen molar-refractivity contribution in [3.63, 3.8) is 0 Å². The average Bonchev–Trinajstić information content (AvgIpc) is 2.71. The molecule has 1 aromatic rings. The fourth-order valence-corrected chi connectivity index (χ4v) is 5.13. The van der Waals surface area contributed by atoms with Crippen molar-refractivity contribution in [2.24, 2.45) is 5.92 Å². The smallest absolute Gasteiger partial charge is 0.261 e. The number of halogens is 2. The standard InChI is InChI=1S/C11H11BrClNO5S2/c12-9-5-8(21(13,18)19)1-2-10(9)14-11(15)7-3-4-20(16,17)6-7/h1-2,5,7H,3-4,6H2,(H,14,15). The van der Waals surface area contributed by atoms with Gasteiger partial charge >= 0.3 is 0 Å². The lowest BCUT2D eigenvalue weighted by molar-refractivity contribution is -0.119. The molecule has 0 saturated carbocycles. The highest BCUT2D eigenvalue weighted by Crippen LogP contribution is 2.28. The highest BCUT2D eigenvalue weighted by Gasteiger charge is 2.33. The van der Waals surface area contributed by atoms with E-state index in [1.807, 2.05) is 0 Å². The van der Waals surface area contributed by atoms with E-state index in [1.54, 1.807) is 0 Å². The molecule has 1 aromatic carbocycles. The average molecular weight is 417 g/mol. The van der Waals surface area contributed by atoms with Crippen LogP contribution in [0.1, 0.15) is 6.42 Å². The summed E-state index contributed by atoms with van der Waals surface area (Å²) in [5, 5.41) is 2.58. The molecule has 1 atom stereocenters. The number of rotatable bonds is 3. The third kappa shape index (κ3) is 4.18. The second-order valence-corrected chi connectivity index (χ2v) is 10.3. The van der Waals surface area contributed by atoms with Gasteiger partial charge in [0.2, 0.25) is 5.91 Å². The topological polar surface area (TPSA) is 97.4 Å². The van der Waals surface area contributed by atoms with Crippen molar-refractivity contribution in [2.45, 2.75) is 11.3 Å². The van der Waals surface area contributed by atoms with Crippen molar-refractivity contribution < 1.29 is 21.6 Å². The maximum atomic E-state index is 12.0. The van der Waals surface area contributed by atoms with Crippen molar-refractivity contribution in [3.8, 4) is 0 Å². The van der Waals surface area contributed by atoms with Crippen LogP contribution >= 0.6 is 26.6 Å². The van der Waals surface area contributed by atoms with E-state index in [0.29, 0.717) is 16.6 Å². The van der Waals surface area contributed by atoms with Crippen molar-refractivity contribution >= 4 is 57.1 Å². The lowest BCUT2D eigenvalue weighted by Crippen LogP contribution is -2.23. The number of nitrogens with one attached hydrogen (secondary N) is 1. The molecule has 0 spiro atoms. The van der Waals surface area contributed by atoms with Crippen LogP contribution in [0.2, 0.25) is 0 Å². The maximum Gasteiger partial charge on any atom is 0.261 e. The molecule has 2 rings (SSSR count). The van der Waals surface area contributed by atoms with Crippen molar-refractivity contribution in [1.82, 2.24) is 0 Å². The molecule has 1 heterocycles. The predicted octanol–water partition coefficient (Wildman–Crippen LogP) is 1.75. The minimum Gasteiger partial charge on any atom is -0.325 e. The Morgan fingerprint density at radius 3 is 2.52 bits per heavy atom. The molecule has 1 saturated heterocycles. The van der Waals surface area contributed by atoms with Gasteiger partial charge in [0.25, 0.3) is 9.05 Å². The first-order valence-corrected chi connectivity index (χ1v) is 10.8. The molecule has 10 heteroatoms. The minimum atomic E-state index is -3.85. The van der Waals surface area contributed by atoms with E-state index in [2.05, 4.69) is 21.2 Å². The van der Waals surface area contributed by atoms with Gasteiger partial charge in [-0.2, -0.15) is 0 Å². The van der Waals surface area contributed by atoms with Crippen LogP contribution in [0.3, 0.4) is 0 Å². The summed E-state index contributed by atoms with van der Waals surface area (Å²) >= 11 is 3.14. The SMILES string of the molecule is O=C(Nc1ccc(S(=O)(=O)Cl)cc1Br)C1CCS(=O)(=O)C1. The molecule has 0 aliphatic carbocycles. The summed E-state index contributed by atoms with van der Waals surface area (Å²) < 4.78 is 45.4. The van der Waals surface area contributed by atoms with Gasteiger partial charge in [-0.15, -0.1) is 0 Å². The zero-order valence-corrected chi connectivity index (χ0v) is 14.5. The number of anilines is 1. The molecule has 0 radical (unpaired) electrons. The fourth-order valence-electron chi connectivity index (χ4n) is 1.99. The van der Waals surface area contributed by atoms with E-state index < -0.39 is 30.7 Å². The van der Waals surface area contributed by atoms with Crippen LogP contribution in [0.15, 0.2) is 27.6 Å². The summed E-state index contributed by atoms with van der Waals surface area (Å²) in [4.78, 5) is 11.9. The first-order chi connectivity index (χ1) is 9.58. The van der Waals surface area contributed by atoms with Crippen molar-refractivity contribution in [2.75, 3.05) is 16.8 Å². The Morgan fingerprint density at radius 2 is 2.05 bits per heavy atom. The van der Waals surface area contributed by atoms with Crippen molar-refractivity contribution in [3.05, 3.63) is 22.7 Å². The van der Waals surface area contributed by atoms with E-state index in [-0.39, 0.29) is 16.4 Å². The number of hydrogen-bond acceptors (Lipinski definition) is 5. The molecule has 1 unspecified atom stereocenters. The number of sulfone groups is 1. The highest BCUT2D eigenvalue weighted by atomic mass is 79.9. The van der Waals surface area contributed by atoms with Gasteiger partial charge in [-0.3, -0.25) is 4.79 Å². The number of carbonyl (C=O) groups excluding carboxylic acids is 1. The first kappa shape index (κ1) is 16.7. The molecule has 1 fully saturated rings. The molecule has 1 N–H and O–H groups in total. The van der Waals surface area contributed by atoms with Gasteiger partial charge < -0.3 is 5.32 Å². The molecule has 1 aliphatic heterocycles. The Hall–Kier alpha value is -0.640. The molecular formula is C11H11BrClNO5S2. The van der Waals surface area contributed by atoms with Gasteiger partial charge in [0, 0.05) is 15.2 Å². The Labute approximate surface area is 135 Å². The maximum absolute atomic E-state index is 12.0. The highest BCUT2D eigenvalue weighted by molar-refractivity contribution is 9.10. The van der Waals surface area contributed by atoms with Gasteiger partial charge in [0.15, 0.2) is 9.84 Å². The van der Waals surface area contributed by atoms with Crippen LogP contribution in [0.25, 0.3) is 0 Å². The summed E-state index contributed by atoms with van der Waals surface area (Å²) in [6.45, 7) is 0. The molecule has 21 heavy (non-hydrogen) atoms. The number of hydrogen-bond donors (Lipinski definition) is 1. The second kappa shape index (κ2) is 5.86. The molecular weight excluding hydrogens is 406 g/mol. The molecule has 116 valence electrons. The lowest BCUT2D eigenvalue weighted by atomic mass is 10.1. The largest absolute Gasteiger partial charge is 0.325 e. The number of benzene rings is 1. The van der Waals surface area contributed by atoms with E-state index in [0.717, 1.165) is 0 Å². The summed E-state index contributed by atoms with van der Waals surface area (Å²) in [5.74, 6) is -1.14. The third-order valence-electron chi connectivity index (χ3n) is 3.08. The Morgan fingerprint density at radius 1 is 1.38 bits per heavy atom. The fraction of sp³-hybridized carbons (Fsp3) is 0.364. The third-order valence-corrected chi connectivity index (χ3v) is 6.86. The summed E-state index contributed by atoms with van der Waals surface area (Å²) in [6.07, 6.45) is 0.292. The lowest BCUT2D eigenvalue weighted by Gasteiger charge is -2.11. The van der Waals surface area contributed by atoms with Crippen LogP contribution in [-0.2, 0) is 23.7 Å². The predicted molar refractivity (Wildman–Crippen MR) is 82.6 cm³/mol. The minimum absolute atomic E-state index is 0.00961. The number of carbonyl (C=O) groups is 1. The first-order valence-electron chi connectivity index (χ1n) is 5.84.